The Morgan fingerprint density at radius 1 is 1.13 bits per heavy atom. The number of ether oxygens (including phenoxy) is 2. The molecular weight excluding hydrogens is 288 g/mol. The summed E-state index contributed by atoms with van der Waals surface area (Å²) in [4.78, 5) is 4.55. The van der Waals surface area contributed by atoms with Crippen LogP contribution >= 0.6 is 0 Å². The highest BCUT2D eigenvalue weighted by atomic mass is 16.5. The van der Waals surface area contributed by atoms with Crippen LogP contribution in [0.2, 0.25) is 0 Å². The van der Waals surface area contributed by atoms with Gasteiger partial charge in [-0.2, -0.15) is 0 Å². The van der Waals surface area contributed by atoms with Crippen molar-refractivity contribution >= 4 is 0 Å². The smallest absolute Gasteiger partial charge is 0.151 e. The lowest BCUT2D eigenvalue weighted by Gasteiger charge is -2.32. The Hall–Kier alpha value is -1.91. The van der Waals surface area contributed by atoms with Crippen molar-refractivity contribution < 1.29 is 9.47 Å². The number of pyridine rings is 1. The summed E-state index contributed by atoms with van der Waals surface area (Å²) in [7, 11) is 0. The van der Waals surface area contributed by atoms with E-state index in [4.69, 9.17) is 9.47 Å². The number of nitrogens with zero attached hydrogens (tertiary/aromatic N) is 1. The minimum Gasteiger partial charge on any atom is -0.481 e. The van der Waals surface area contributed by atoms with Crippen LogP contribution in [0.4, 0.5) is 0 Å². The van der Waals surface area contributed by atoms with Gasteiger partial charge in [0.2, 0.25) is 0 Å². The van der Waals surface area contributed by atoms with Gasteiger partial charge in [-0.05, 0) is 30.5 Å². The lowest BCUT2D eigenvalue weighted by Crippen LogP contribution is -2.43. The van der Waals surface area contributed by atoms with E-state index in [1.165, 1.54) is 12.8 Å². The second-order valence-corrected chi connectivity index (χ2v) is 6.22. The Morgan fingerprint density at radius 3 is 2.74 bits per heavy atom. The molecule has 0 amide bonds. The Labute approximate surface area is 136 Å². The molecule has 1 aromatic carbocycles. The molecule has 4 rings (SSSR count). The SMILES string of the molecule is c1ccc(C(Oc2cccnc2C2CC2)[C@@H]2CNCCO2)cc1. The molecule has 23 heavy (non-hydrogen) atoms. The van der Waals surface area contributed by atoms with Crippen molar-refractivity contribution in [3.8, 4) is 5.75 Å². The van der Waals surface area contributed by atoms with E-state index < -0.39 is 0 Å². The maximum absolute atomic E-state index is 6.44. The Kier molecular flexibility index (Phi) is 4.26. The summed E-state index contributed by atoms with van der Waals surface area (Å²) in [6, 6.07) is 14.3. The number of aromatic nitrogens is 1. The van der Waals surface area contributed by atoms with Crippen LogP contribution in [-0.4, -0.2) is 30.8 Å². The van der Waals surface area contributed by atoms with Gasteiger partial charge in [-0.3, -0.25) is 4.98 Å². The van der Waals surface area contributed by atoms with Gasteiger partial charge in [0.25, 0.3) is 0 Å². The van der Waals surface area contributed by atoms with Crippen LogP contribution in [0.5, 0.6) is 5.75 Å². The van der Waals surface area contributed by atoms with Crippen molar-refractivity contribution in [2.24, 2.45) is 0 Å². The van der Waals surface area contributed by atoms with Gasteiger partial charge < -0.3 is 14.8 Å². The molecule has 1 N–H and O–H groups in total. The van der Waals surface area contributed by atoms with E-state index in [0.717, 1.165) is 36.7 Å². The molecule has 1 aliphatic heterocycles. The zero-order chi connectivity index (χ0) is 15.5. The highest BCUT2D eigenvalue weighted by Gasteiger charge is 2.32. The fourth-order valence-electron chi connectivity index (χ4n) is 3.08. The van der Waals surface area contributed by atoms with Crippen LogP contribution in [0, 0.1) is 0 Å². The van der Waals surface area contributed by atoms with Crippen LogP contribution in [0.1, 0.15) is 36.1 Å². The first-order valence-corrected chi connectivity index (χ1v) is 8.40. The largest absolute Gasteiger partial charge is 0.481 e. The van der Waals surface area contributed by atoms with E-state index in [-0.39, 0.29) is 12.2 Å². The number of hydrogen-bond donors (Lipinski definition) is 1. The van der Waals surface area contributed by atoms with Gasteiger partial charge in [0.1, 0.15) is 11.9 Å². The van der Waals surface area contributed by atoms with Crippen molar-refractivity contribution in [1.82, 2.24) is 10.3 Å². The molecule has 2 fully saturated rings. The minimum absolute atomic E-state index is 0.0124. The molecule has 1 saturated carbocycles. The monoisotopic (exact) mass is 310 g/mol. The van der Waals surface area contributed by atoms with Gasteiger partial charge in [-0.1, -0.05) is 30.3 Å². The second-order valence-electron chi connectivity index (χ2n) is 6.22. The lowest BCUT2D eigenvalue weighted by molar-refractivity contribution is -0.0436. The van der Waals surface area contributed by atoms with Crippen LogP contribution in [0.15, 0.2) is 48.7 Å². The molecule has 1 aromatic heterocycles. The molecule has 2 aromatic rings. The standard InChI is InChI=1S/C19H22N2O2/c1-2-5-15(6-3-1)19(17-13-20-11-12-22-17)23-16-7-4-10-21-18(16)14-8-9-14/h1-7,10,14,17,19-20H,8-9,11-13H2/t17-,19?/m0/s1. The van der Waals surface area contributed by atoms with Gasteiger partial charge >= 0.3 is 0 Å². The zero-order valence-electron chi connectivity index (χ0n) is 13.2. The molecule has 4 heteroatoms. The van der Waals surface area contributed by atoms with Gasteiger partial charge in [-0.25, -0.2) is 0 Å². The van der Waals surface area contributed by atoms with E-state index in [1.807, 2.05) is 36.5 Å². The van der Waals surface area contributed by atoms with Crippen LogP contribution in [-0.2, 0) is 4.74 Å². The van der Waals surface area contributed by atoms with Crippen molar-refractivity contribution in [2.45, 2.75) is 31.0 Å². The van der Waals surface area contributed by atoms with E-state index in [1.54, 1.807) is 0 Å². The van der Waals surface area contributed by atoms with Crippen molar-refractivity contribution in [3.63, 3.8) is 0 Å². The van der Waals surface area contributed by atoms with Crippen LogP contribution in [0.25, 0.3) is 0 Å². The molecule has 120 valence electrons. The predicted octanol–water partition coefficient (Wildman–Crippen LogP) is 3.07. The maximum Gasteiger partial charge on any atom is 0.151 e. The summed E-state index contributed by atoms with van der Waals surface area (Å²) in [6.45, 7) is 2.43. The number of nitrogens with one attached hydrogen (secondary N) is 1. The summed E-state index contributed by atoms with van der Waals surface area (Å²) < 4.78 is 12.4. The molecular formula is C19H22N2O2. The Morgan fingerprint density at radius 2 is 2.00 bits per heavy atom. The molecule has 4 nitrogen and oxygen atoms in total. The first kappa shape index (κ1) is 14.7. The molecule has 1 unspecified atom stereocenters. The van der Waals surface area contributed by atoms with Gasteiger partial charge in [0, 0.05) is 25.2 Å². The summed E-state index contributed by atoms with van der Waals surface area (Å²) in [5, 5.41) is 3.40. The lowest BCUT2D eigenvalue weighted by atomic mass is 10.0. The van der Waals surface area contributed by atoms with Gasteiger partial charge in [-0.15, -0.1) is 0 Å². The van der Waals surface area contributed by atoms with Crippen molar-refractivity contribution in [1.29, 1.82) is 0 Å². The average Bonchev–Trinajstić information content (AvgIpc) is 3.46. The van der Waals surface area contributed by atoms with Crippen molar-refractivity contribution in [3.05, 3.63) is 59.9 Å². The minimum atomic E-state index is -0.120. The second kappa shape index (κ2) is 6.69. The highest BCUT2D eigenvalue weighted by molar-refractivity contribution is 5.34. The third-order valence-electron chi connectivity index (χ3n) is 4.44. The molecule has 0 bridgehead atoms. The fraction of sp³-hybridized carbons (Fsp3) is 0.421. The van der Waals surface area contributed by atoms with Gasteiger partial charge in [0.05, 0.1) is 12.3 Å². The molecule has 1 saturated heterocycles. The van der Waals surface area contributed by atoms with Gasteiger partial charge in [0.15, 0.2) is 6.10 Å². The van der Waals surface area contributed by atoms with Crippen LogP contribution < -0.4 is 10.1 Å². The van der Waals surface area contributed by atoms with E-state index >= 15 is 0 Å². The number of rotatable bonds is 5. The quantitative estimate of drug-likeness (QED) is 0.922. The van der Waals surface area contributed by atoms with E-state index in [9.17, 15) is 0 Å². The predicted molar refractivity (Wildman–Crippen MR) is 88.6 cm³/mol. The number of hydrogen-bond acceptors (Lipinski definition) is 4. The maximum atomic E-state index is 6.44. The summed E-state index contributed by atoms with van der Waals surface area (Å²) in [5.41, 5.74) is 2.24. The molecule has 2 aliphatic rings. The fourth-order valence-corrected chi connectivity index (χ4v) is 3.08. The summed E-state index contributed by atoms with van der Waals surface area (Å²) >= 11 is 0. The summed E-state index contributed by atoms with van der Waals surface area (Å²) in [6.07, 6.45) is 4.18. The third kappa shape index (κ3) is 3.38. The topological polar surface area (TPSA) is 43.4 Å². The number of morpholine rings is 1. The third-order valence-corrected chi connectivity index (χ3v) is 4.44. The molecule has 0 radical (unpaired) electrons. The number of benzene rings is 1. The molecule has 2 atom stereocenters. The molecule has 1 aliphatic carbocycles. The average molecular weight is 310 g/mol. The van der Waals surface area contributed by atoms with E-state index in [2.05, 4.69) is 22.4 Å². The Balaban J connectivity index is 1.63. The van der Waals surface area contributed by atoms with Crippen LogP contribution in [0.3, 0.4) is 0 Å². The molecule has 2 heterocycles. The normalized spacial score (nSPS) is 22.5. The van der Waals surface area contributed by atoms with E-state index in [0.29, 0.717) is 5.92 Å². The zero-order valence-corrected chi connectivity index (χ0v) is 13.2. The summed E-state index contributed by atoms with van der Waals surface area (Å²) in [5.74, 6) is 1.46. The first-order valence-electron chi connectivity index (χ1n) is 8.40. The molecule has 0 spiro atoms. The van der Waals surface area contributed by atoms with Crippen molar-refractivity contribution in [2.75, 3.05) is 19.7 Å². The highest BCUT2D eigenvalue weighted by Crippen LogP contribution is 2.44. The Bertz CT molecular complexity index is 637. The first-order chi connectivity index (χ1) is 11.4.